The van der Waals surface area contributed by atoms with Crippen LogP contribution in [0.3, 0.4) is 0 Å². The molecule has 2 aromatic heterocycles. The van der Waals surface area contributed by atoms with Gasteiger partial charge in [0.1, 0.15) is 0 Å². The number of carbonyl (C=O) groups is 1. The maximum absolute atomic E-state index is 14.8. The quantitative estimate of drug-likeness (QED) is 0.462. The van der Waals surface area contributed by atoms with Crippen LogP contribution in [0.25, 0.3) is 11.3 Å². The summed E-state index contributed by atoms with van der Waals surface area (Å²) in [4.78, 5) is 16.7. The molecule has 0 saturated carbocycles. The highest BCUT2D eigenvalue weighted by atomic mass is 32.3. The number of hydrogen-bond acceptors (Lipinski definition) is 6. The molecule has 0 aromatic carbocycles. The summed E-state index contributed by atoms with van der Waals surface area (Å²) in [5, 5.41) is 7.58. The van der Waals surface area contributed by atoms with E-state index in [-0.39, 0.29) is 40.8 Å². The molecule has 2 aliphatic rings. The lowest BCUT2D eigenvalue weighted by molar-refractivity contribution is -0.154. The molecular weight excluding hydrogens is 504 g/mol. The molecule has 13 heteroatoms. The van der Waals surface area contributed by atoms with Crippen LogP contribution in [0, 0.1) is 11.7 Å². The monoisotopic (exact) mass is 534 g/mol. The number of amides is 1. The molecule has 1 aliphatic heterocycles. The third-order valence-corrected chi connectivity index (χ3v) is 8.54. The van der Waals surface area contributed by atoms with Crippen LogP contribution in [-0.4, -0.2) is 59.6 Å². The number of pyridine rings is 1. The molecule has 1 amide bonds. The van der Waals surface area contributed by atoms with Crippen LogP contribution in [0.5, 0.6) is 5.88 Å². The third-order valence-electron chi connectivity index (χ3n) is 6.59. The predicted octanol–water partition coefficient (Wildman–Crippen LogP) is 4.74. The largest absolute Gasteiger partial charge is 0.468 e. The first kappa shape index (κ1) is 26.7. The van der Waals surface area contributed by atoms with Gasteiger partial charge in [-0.1, -0.05) is 0 Å². The van der Waals surface area contributed by atoms with Gasteiger partial charge in [0.05, 0.1) is 23.2 Å². The molecule has 0 radical (unpaired) electrons. The van der Waals surface area contributed by atoms with Gasteiger partial charge in [-0.15, -0.1) is 0 Å². The summed E-state index contributed by atoms with van der Waals surface area (Å²) in [6.45, 7) is 4.05. The zero-order chi connectivity index (χ0) is 26.5. The van der Waals surface area contributed by atoms with Crippen molar-refractivity contribution in [2.75, 3.05) is 18.1 Å². The van der Waals surface area contributed by atoms with Crippen molar-refractivity contribution in [3.05, 3.63) is 29.3 Å². The SMILES string of the molecule is CC(C)n1nc(-c2cc(OCC(F)(F)F)ncc2F)c2c1CC(C(=O)NC1(C)CCS(O)(O)C1)CC2. The second kappa shape index (κ2) is 9.49. The fourth-order valence-corrected chi connectivity index (χ4v) is 7.04. The van der Waals surface area contributed by atoms with E-state index in [9.17, 15) is 31.5 Å². The smallest absolute Gasteiger partial charge is 0.422 e. The van der Waals surface area contributed by atoms with E-state index in [2.05, 4.69) is 15.4 Å². The summed E-state index contributed by atoms with van der Waals surface area (Å²) < 4.78 is 78.8. The number of ether oxygens (including phenoxy) is 1. The van der Waals surface area contributed by atoms with Gasteiger partial charge in [-0.05, 0) is 40.0 Å². The van der Waals surface area contributed by atoms with Gasteiger partial charge >= 0.3 is 6.18 Å². The van der Waals surface area contributed by atoms with E-state index in [0.717, 1.165) is 23.5 Å². The Kier molecular flexibility index (Phi) is 7.03. The summed E-state index contributed by atoms with van der Waals surface area (Å²) in [7, 11) is -2.69. The first-order valence-corrected chi connectivity index (χ1v) is 13.6. The van der Waals surface area contributed by atoms with E-state index in [1.807, 2.05) is 20.8 Å². The molecule has 8 nitrogen and oxygen atoms in total. The Hall–Kier alpha value is -2.38. The molecule has 0 spiro atoms. The molecule has 4 rings (SSSR count). The van der Waals surface area contributed by atoms with Gasteiger partial charge in [-0.25, -0.2) is 9.37 Å². The lowest BCUT2D eigenvalue weighted by Gasteiger charge is -2.32. The number of hydrogen-bond donors (Lipinski definition) is 3. The van der Waals surface area contributed by atoms with Gasteiger partial charge in [-0.2, -0.15) is 28.9 Å². The number of fused-ring (bicyclic) bond motifs is 1. The molecular formula is C23H30F4N4O4S. The van der Waals surface area contributed by atoms with Crippen LogP contribution in [0.15, 0.2) is 12.3 Å². The normalized spacial score (nSPS) is 24.4. The highest BCUT2D eigenvalue weighted by molar-refractivity contribution is 8.24. The molecule has 36 heavy (non-hydrogen) atoms. The summed E-state index contributed by atoms with van der Waals surface area (Å²) in [6, 6.07) is 1.01. The summed E-state index contributed by atoms with van der Waals surface area (Å²) in [5.74, 6) is -1.28. The van der Waals surface area contributed by atoms with E-state index < -0.39 is 34.7 Å². The first-order chi connectivity index (χ1) is 16.7. The highest BCUT2D eigenvalue weighted by Gasteiger charge is 2.41. The van der Waals surface area contributed by atoms with Gasteiger partial charge in [0.25, 0.3) is 0 Å². The Morgan fingerprint density at radius 3 is 2.72 bits per heavy atom. The number of nitrogens with one attached hydrogen (secondary N) is 1. The van der Waals surface area contributed by atoms with Gasteiger partial charge in [0.15, 0.2) is 12.4 Å². The standard InChI is InChI=1S/C23H30F4N4O4S/c1-13(2)31-18-8-14(21(32)29-22(3)6-7-36(33,34)12-22)4-5-15(18)20(30-31)16-9-19(28-10-17(16)24)35-11-23(25,26)27/h9-10,13-14,33-34H,4-8,11-12H2,1-3H3,(H,29,32). The van der Waals surface area contributed by atoms with E-state index in [0.29, 0.717) is 31.4 Å². The molecule has 200 valence electrons. The van der Waals surface area contributed by atoms with Crippen molar-refractivity contribution < 1.29 is 36.2 Å². The minimum Gasteiger partial charge on any atom is -0.468 e. The van der Waals surface area contributed by atoms with E-state index >= 15 is 0 Å². The number of rotatable bonds is 6. The number of carbonyl (C=O) groups excluding carboxylic acids is 1. The van der Waals surface area contributed by atoms with Crippen molar-refractivity contribution in [2.24, 2.45) is 5.92 Å². The van der Waals surface area contributed by atoms with Crippen LogP contribution < -0.4 is 10.1 Å². The molecule has 2 unspecified atom stereocenters. The maximum atomic E-state index is 14.8. The molecule has 3 N–H and O–H groups in total. The van der Waals surface area contributed by atoms with Crippen LogP contribution in [0.4, 0.5) is 17.6 Å². The molecule has 2 atom stereocenters. The van der Waals surface area contributed by atoms with Crippen molar-refractivity contribution in [2.45, 2.75) is 64.2 Å². The van der Waals surface area contributed by atoms with E-state index in [1.165, 1.54) is 0 Å². The Morgan fingerprint density at radius 2 is 2.11 bits per heavy atom. The Balaban J connectivity index is 1.59. The number of aromatic nitrogens is 3. The summed E-state index contributed by atoms with van der Waals surface area (Å²) >= 11 is 0. The second-order valence-electron chi connectivity index (χ2n) is 10.1. The van der Waals surface area contributed by atoms with Crippen molar-refractivity contribution in [3.63, 3.8) is 0 Å². The molecule has 3 heterocycles. The summed E-state index contributed by atoms with van der Waals surface area (Å²) in [6.07, 6.45) is -2.03. The fraction of sp³-hybridized carbons (Fsp3) is 0.609. The van der Waals surface area contributed by atoms with Crippen LogP contribution >= 0.6 is 10.6 Å². The minimum absolute atomic E-state index is 0.00982. The van der Waals surface area contributed by atoms with Gasteiger partial charge < -0.3 is 10.1 Å². The molecule has 1 aliphatic carbocycles. The van der Waals surface area contributed by atoms with E-state index in [1.54, 1.807) is 4.68 Å². The second-order valence-corrected chi connectivity index (χ2v) is 12.4. The lowest BCUT2D eigenvalue weighted by Crippen LogP contribution is -2.49. The average molecular weight is 535 g/mol. The van der Waals surface area contributed by atoms with Crippen LogP contribution in [0.2, 0.25) is 0 Å². The van der Waals surface area contributed by atoms with Crippen LogP contribution in [-0.2, 0) is 17.6 Å². The van der Waals surface area contributed by atoms with Gasteiger partial charge in [-0.3, -0.25) is 18.6 Å². The third kappa shape index (κ3) is 5.78. The lowest BCUT2D eigenvalue weighted by atomic mass is 9.84. The number of nitrogens with zero attached hydrogens (tertiary/aromatic N) is 3. The topological polar surface area (TPSA) is 110 Å². The molecule has 1 saturated heterocycles. The average Bonchev–Trinajstić information content (AvgIpc) is 3.28. The zero-order valence-electron chi connectivity index (χ0n) is 20.2. The van der Waals surface area contributed by atoms with Crippen molar-refractivity contribution >= 4 is 16.5 Å². The zero-order valence-corrected chi connectivity index (χ0v) is 21.0. The van der Waals surface area contributed by atoms with E-state index in [4.69, 9.17) is 4.74 Å². The highest BCUT2D eigenvalue weighted by Crippen LogP contribution is 2.50. The first-order valence-electron chi connectivity index (χ1n) is 11.7. The predicted molar refractivity (Wildman–Crippen MR) is 127 cm³/mol. The van der Waals surface area contributed by atoms with Crippen molar-refractivity contribution in [1.82, 2.24) is 20.1 Å². The molecule has 2 aromatic rings. The minimum atomic E-state index is -4.56. The molecule has 1 fully saturated rings. The Morgan fingerprint density at radius 1 is 1.39 bits per heavy atom. The van der Waals surface area contributed by atoms with Gasteiger partial charge in [0, 0.05) is 47.0 Å². The molecule has 0 bridgehead atoms. The van der Waals surface area contributed by atoms with Crippen molar-refractivity contribution in [1.29, 1.82) is 0 Å². The Labute approximate surface area is 207 Å². The summed E-state index contributed by atoms with van der Waals surface area (Å²) in [5.41, 5.74) is 1.10. The number of halogens is 4. The Bertz CT molecular complexity index is 1150. The maximum Gasteiger partial charge on any atom is 0.422 e. The number of alkyl halides is 3. The fourth-order valence-electron chi connectivity index (χ4n) is 4.88. The van der Waals surface area contributed by atoms with Gasteiger partial charge in [0.2, 0.25) is 11.8 Å². The van der Waals surface area contributed by atoms with Crippen LogP contribution in [0.1, 0.15) is 50.9 Å². The van der Waals surface area contributed by atoms with Crippen molar-refractivity contribution in [3.8, 4) is 17.1 Å².